The van der Waals surface area contributed by atoms with E-state index in [1.807, 2.05) is 24.3 Å². The summed E-state index contributed by atoms with van der Waals surface area (Å²) < 4.78 is 1.62. The van der Waals surface area contributed by atoms with Crippen LogP contribution < -0.4 is 21.5 Å². The Labute approximate surface area is 204 Å². The summed E-state index contributed by atoms with van der Waals surface area (Å²) in [5, 5.41) is 14.4. The van der Waals surface area contributed by atoms with Crippen molar-refractivity contribution in [2.24, 2.45) is 18.2 Å². The van der Waals surface area contributed by atoms with Crippen molar-refractivity contribution in [3.8, 4) is 0 Å². The second-order valence-electron chi connectivity index (χ2n) is 9.77. The van der Waals surface area contributed by atoms with E-state index in [0.29, 0.717) is 51.6 Å². The molecule has 0 saturated carbocycles. The molecule has 0 unspecified atom stereocenters. The van der Waals surface area contributed by atoms with Gasteiger partial charge < -0.3 is 21.1 Å². The first-order valence-electron chi connectivity index (χ1n) is 11.5. The maximum atomic E-state index is 13.3. The van der Waals surface area contributed by atoms with Gasteiger partial charge in [-0.05, 0) is 53.6 Å². The minimum atomic E-state index is -0.120. The third kappa shape index (κ3) is 4.76. The predicted molar refractivity (Wildman–Crippen MR) is 141 cm³/mol. The second-order valence-corrected chi connectivity index (χ2v) is 10.2. The third-order valence-corrected chi connectivity index (χ3v) is 6.92. The van der Waals surface area contributed by atoms with E-state index in [9.17, 15) is 9.90 Å². The number of benzene rings is 2. The van der Waals surface area contributed by atoms with Gasteiger partial charge in [0, 0.05) is 49.5 Å². The van der Waals surface area contributed by atoms with Crippen molar-refractivity contribution in [3.63, 3.8) is 0 Å². The lowest BCUT2D eigenvalue weighted by molar-refractivity contribution is 0.277. The average molecular weight is 482 g/mol. The number of fused-ring (bicyclic) bond motifs is 1. The normalized spacial score (nSPS) is 15.5. The molecule has 0 radical (unpaired) electrons. The number of halogens is 1. The second kappa shape index (κ2) is 9.31. The van der Waals surface area contributed by atoms with Crippen LogP contribution >= 0.6 is 11.6 Å². The summed E-state index contributed by atoms with van der Waals surface area (Å²) in [7, 11) is 1.76. The molecule has 0 spiro atoms. The zero-order valence-corrected chi connectivity index (χ0v) is 20.7. The number of rotatable bonds is 6. The zero-order chi connectivity index (χ0) is 24.6. The molecule has 1 aliphatic heterocycles. The van der Waals surface area contributed by atoms with E-state index < -0.39 is 0 Å². The van der Waals surface area contributed by atoms with Crippen molar-refractivity contribution < 1.29 is 5.11 Å². The quantitative estimate of drug-likeness (QED) is 0.437. The Morgan fingerprint density at radius 2 is 1.97 bits per heavy atom. The topological polar surface area (TPSA) is 96.4 Å². The number of nitrogens with one attached hydrogen (secondary N) is 1. The summed E-state index contributed by atoms with van der Waals surface area (Å²) in [5.74, 6) is 0.629. The maximum Gasteiger partial charge on any atom is 0.262 e. The highest BCUT2D eigenvalue weighted by molar-refractivity contribution is 6.31. The van der Waals surface area contributed by atoms with Gasteiger partial charge >= 0.3 is 0 Å². The number of anilines is 2. The van der Waals surface area contributed by atoms with Crippen LogP contribution in [0.5, 0.6) is 0 Å². The highest BCUT2D eigenvalue weighted by atomic mass is 35.5. The molecule has 0 bridgehead atoms. The van der Waals surface area contributed by atoms with Gasteiger partial charge in [-0.15, -0.1) is 0 Å². The van der Waals surface area contributed by atoms with Gasteiger partial charge in [0.2, 0.25) is 5.95 Å². The minimum absolute atomic E-state index is 0.0453. The van der Waals surface area contributed by atoms with Gasteiger partial charge in [-0.2, -0.15) is 0 Å². The van der Waals surface area contributed by atoms with Gasteiger partial charge in [-0.1, -0.05) is 38.1 Å². The monoisotopic (exact) mass is 481 g/mol. The van der Waals surface area contributed by atoms with Crippen LogP contribution in [-0.2, 0) is 20.1 Å². The molecular formula is C26H32ClN5O2. The largest absolute Gasteiger partial charge is 0.508 e. The molecule has 0 amide bonds. The standard InChI is InChI=1S/C26H32ClN5O2/c1-16(33)20-11-17(14-28)5-6-22(20)29-15-18-12-19(27)13-21-23(18)30-25(31(4)24(21)34)32-9-7-26(2,3)8-10-32/h5-6,11-13,29,33H,1,7-10,14-15,28H2,2-4H3. The van der Waals surface area contributed by atoms with E-state index in [0.717, 1.165) is 37.1 Å². The molecule has 1 aliphatic rings. The van der Waals surface area contributed by atoms with Crippen molar-refractivity contribution in [3.05, 3.63) is 69.0 Å². The highest BCUT2D eigenvalue weighted by Gasteiger charge is 2.28. The number of nitrogens with zero attached hydrogens (tertiary/aromatic N) is 3. The lowest BCUT2D eigenvalue weighted by atomic mass is 9.83. The lowest BCUT2D eigenvalue weighted by Crippen LogP contribution is -2.40. The summed E-state index contributed by atoms with van der Waals surface area (Å²) in [5.41, 5.74) is 9.52. The van der Waals surface area contributed by atoms with E-state index in [4.69, 9.17) is 22.3 Å². The number of hydrogen-bond donors (Lipinski definition) is 3. The third-order valence-electron chi connectivity index (χ3n) is 6.70. The lowest BCUT2D eigenvalue weighted by Gasteiger charge is -2.38. The van der Waals surface area contributed by atoms with Crippen molar-refractivity contribution in [2.75, 3.05) is 23.3 Å². The average Bonchev–Trinajstić information content (AvgIpc) is 2.80. The van der Waals surface area contributed by atoms with Crippen LogP contribution in [0.25, 0.3) is 16.7 Å². The molecule has 0 aliphatic carbocycles. The molecular weight excluding hydrogens is 450 g/mol. The van der Waals surface area contributed by atoms with Crippen molar-refractivity contribution in [1.82, 2.24) is 9.55 Å². The first kappa shape index (κ1) is 24.1. The molecule has 2 heterocycles. The van der Waals surface area contributed by atoms with Gasteiger partial charge in [-0.3, -0.25) is 9.36 Å². The molecule has 0 atom stereocenters. The number of nitrogens with two attached hydrogens (primary N) is 1. The molecule has 1 saturated heterocycles. The molecule has 8 heteroatoms. The van der Waals surface area contributed by atoms with E-state index in [2.05, 4.69) is 30.6 Å². The minimum Gasteiger partial charge on any atom is -0.508 e. The molecule has 1 aromatic heterocycles. The van der Waals surface area contributed by atoms with Crippen LogP contribution in [0.3, 0.4) is 0 Å². The van der Waals surface area contributed by atoms with Crippen LogP contribution in [0.15, 0.2) is 41.7 Å². The van der Waals surface area contributed by atoms with Gasteiger partial charge in [0.1, 0.15) is 5.76 Å². The Morgan fingerprint density at radius 1 is 1.26 bits per heavy atom. The van der Waals surface area contributed by atoms with E-state index >= 15 is 0 Å². The molecule has 7 nitrogen and oxygen atoms in total. The molecule has 4 rings (SSSR count). The van der Waals surface area contributed by atoms with E-state index in [1.54, 1.807) is 17.7 Å². The van der Waals surface area contributed by atoms with Crippen molar-refractivity contribution in [2.45, 2.75) is 39.8 Å². The summed E-state index contributed by atoms with van der Waals surface area (Å²) in [6.45, 7) is 10.7. The Kier molecular flexibility index (Phi) is 6.60. The highest BCUT2D eigenvalue weighted by Crippen LogP contribution is 2.32. The van der Waals surface area contributed by atoms with Crippen molar-refractivity contribution >= 4 is 39.9 Å². The van der Waals surface area contributed by atoms with Gasteiger partial charge in [-0.25, -0.2) is 4.98 Å². The van der Waals surface area contributed by atoms with Crippen LogP contribution in [0.1, 0.15) is 43.4 Å². The van der Waals surface area contributed by atoms with E-state index in [-0.39, 0.29) is 11.3 Å². The fourth-order valence-electron chi connectivity index (χ4n) is 4.43. The summed E-state index contributed by atoms with van der Waals surface area (Å²) in [4.78, 5) is 20.4. The molecule has 180 valence electrons. The Balaban J connectivity index is 1.73. The Bertz CT molecular complexity index is 1300. The molecule has 4 N–H and O–H groups in total. The number of aromatic nitrogens is 2. The molecule has 3 aromatic rings. The SMILES string of the molecule is C=C(O)c1cc(CN)ccc1NCc1cc(Cl)cc2c(=O)n(C)c(N3CCC(C)(C)CC3)nc12. The van der Waals surface area contributed by atoms with Gasteiger partial charge in [0.15, 0.2) is 0 Å². The fourth-order valence-corrected chi connectivity index (χ4v) is 4.67. The smallest absolute Gasteiger partial charge is 0.262 e. The van der Waals surface area contributed by atoms with Crippen LogP contribution in [-0.4, -0.2) is 27.7 Å². The van der Waals surface area contributed by atoms with Crippen LogP contribution in [0, 0.1) is 5.41 Å². The summed E-state index contributed by atoms with van der Waals surface area (Å²) in [6.07, 6.45) is 2.09. The first-order chi connectivity index (χ1) is 16.1. The molecule has 2 aromatic carbocycles. The van der Waals surface area contributed by atoms with Crippen molar-refractivity contribution in [1.29, 1.82) is 0 Å². The Hall–Kier alpha value is -3.03. The molecule has 1 fully saturated rings. The Morgan fingerprint density at radius 3 is 2.62 bits per heavy atom. The summed E-state index contributed by atoms with van der Waals surface area (Å²) in [6, 6.07) is 9.07. The number of aliphatic hydroxyl groups excluding tert-OH is 1. The van der Waals surface area contributed by atoms with Crippen LogP contribution in [0.2, 0.25) is 5.02 Å². The number of aliphatic hydroxyl groups is 1. The summed E-state index contributed by atoms with van der Waals surface area (Å²) >= 11 is 6.39. The van der Waals surface area contributed by atoms with Crippen LogP contribution in [0.4, 0.5) is 11.6 Å². The van der Waals surface area contributed by atoms with E-state index in [1.165, 1.54) is 0 Å². The maximum absolute atomic E-state index is 13.3. The van der Waals surface area contributed by atoms with Gasteiger partial charge in [0.25, 0.3) is 5.56 Å². The number of hydrogen-bond acceptors (Lipinski definition) is 6. The fraction of sp³-hybridized carbons (Fsp3) is 0.385. The number of piperidine rings is 1. The zero-order valence-electron chi connectivity index (χ0n) is 20.0. The first-order valence-corrected chi connectivity index (χ1v) is 11.9. The van der Waals surface area contributed by atoms with Gasteiger partial charge in [0.05, 0.1) is 10.9 Å². The molecule has 34 heavy (non-hydrogen) atoms. The predicted octanol–water partition coefficient (Wildman–Crippen LogP) is 4.81.